The fraction of sp³-hybridized carbons (Fsp3) is 0.250. The molecule has 5 rings (SSSR count). The van der Waals surface area contributed by atoms with Crippen LogP contribution >= 0.6 is 0 Å². The third-order valence-corrected chi connectivity index (χ3v) is 5.76. The van der Waals surface area contributed by atoms with Crippen LogP contribution in [0.25, 0.3) is 33.5 Å². The van der Waals surface area contributed by atoms with E-state index in [1.807, 2.05) is 38.2 Å². The van der Waals surface area contributed by atoms with Gasteiger partial charge >= 0.3 is 0 Å². The number of benzene rings is 1. The van der Waals surface area contributed by atoms with Crippen LogP contribution < -0.4 is 20.3 Å². The second-order valence-corrected chi connectivity index (χ2v) is 7.88. The number of fused-ring (bicyclic) bond motifs is 2. The number of aromatic nitrogens is 6. The van der Waals surface area contributed by atoms with Crippen LogP contribution in [0.1, 0.15) is 25.6 Å². The van der Waals surface area contributed by atoms with E-state index in [2.05, 4.69) is 20.3 Å². The van der Waals surface area contributed by atoms with Crippen molar-refractivity contribution in [2.45, 2.75) is 26.4 Å². The molecule has 34 heavy (non-hydrogen) atoms. The molecule has 0 aliphatic heterocycles. The first-order valence-corrected chi connectivity index (χ1v) is 10.9. The smallest absolute Gasteiger partial charge is 0.261 e. The SMILES string of the molecule is CCn1cc2[nH]c(=O)c(-c3nc4cc(OC)c(OC)cc4[nH]3)c(NC(C)c3ccccn3)c2n1. The van der Waals surface area contributed by atoms with E-state index in [-0.39, 0.29) is 11.6 Å². The number of hydrogen-bond donors (Lipinski definition) is 3. The average Bonchev–Trinajstić information content (AvgIpc) is 3.46. The number of H-pyrrole nitrogens is 2. The molecule has 0 spiro atoms. The van der Waals surface area contributed by atoms with Gasteiger partial charge in [-0.3, -0.25) is 14.5 Å². The van der Waals surface area contributed by atoms with Gasteiger partial charge in [-0.2, -0.15) is 5.10 Å². The molecule has 0 saturated heterocycles. The van der Waals surface area contributed by atoms with Gasteiger partial charge in [0, 0.05) is 31.1 Å². The van der Waals surface area contributed by atoms with Crippen molar-refractivity contribution in [2.24, 2.45) is 0 Å². The van der Waals surface area contributed by atoms with Crippen molar-refractivity contribution >= 4 is 27.8 Å². The maximum Gasteiger partial charge on any atom is 0.261 e. The number of aryl methyl sites for hydroxylation is 1. The number of ether oxygens (including phenoxy) is 2. The lowest BCUT2D eigenvalue weighted by Crippen LogP contribution is -2.16. The number of aromatic amines is 2. The van der Waals surface area contributed by atoms with E-state index in [1.54, 1.807) is 37.2 Å². The summed E-state index contributed by atoms with van der Waals surface area (Å²) in [4.78, 5) is 28.7. The van der Waals surface area contributed by atoms with Crippen LogP contribution in [0.3, 0.4) is 0 Å². The molecule has 10 heteroatoms. The molecule has 4 aromatic heterocycles. The quantitative estimate of drug-likeness (QED) is 0.338. The summed E-state index contributed by atoms with van der Waals surface area (Å²) >= 11 is 0. The van der Waals surface area contributed by atoms with Gasteiger partial charge in [0.15, 0.2) is 11.5 Å². The highest BCUT2D eigenvalue weighted by Crippen LogP contribution is 2.35. The second kappa shape index (κ2) is 8.54. The minimum Gasteiger partial charge on any atom is -0.493 e. The van der Waals surface area contributed by atoms with Crippen LogP contribution in [0.5, 0.6) is 11.5 Å². The van der Waals surface area contributed by atoms with Gasteiger partial charge in [-0.15, -0.1) is 0 Å². The number of imidazole rings is 1. The van der Waals surface area contributed by atoms with Gasteiger partial charge < -0.3 is 24.8 Å². The van der Waals surface area contributed by atoms with Gasteiger partial charge in [0.25, 0.3) is 5.56 Å². The zero-order valence-electron chi connectivity index (χ0n) is 19.3. The fourth-order valence-corrected chi connectivity index (χ4v) is 4.02. The molecule has 5 aromatic rings. The molecule has 0 aliphatic carbocycles. The van der Waals surface area contributed by atoms with E-state index < -0.39 is 0 Å². The Labute approximate surface area is 195 Å². The third-order valence-electron chi connectivity index (χ3n) is 5.76. The van der Waals surface area contributed by atoms with Crippen molar-refractivity contribution in [3.8, 4) is 22.9 Å². The predicted molar refractivity (Wildman–Crippen MR) is 130 cm³/mol. The molecular weight excluding hydrogens is 434 g/mol. The van der Waals surface area contributed by atoms with Crippen molar-refractivity contribution in [3.05, 3.63) is 58.8 Å². The van der Waals surface area contributed by atoms with Crippen molar-refractivity contribution in [1.82, 2.24) is 29.7 Å². The fourth-order valence-electron chi connectivity index (χ4n) is 4.02. The van der Waals surface area contributed by atoms with Gasteiger partial charge in [-0.05, 0) is 26.0 Å². The van der Waals surface area contributed by atoms with Crippen LogP contribution in [0.15, 0.2) is 47.5 Å². The van der Waals surface area contributed by atoms with E-state index in [0.29, 0.717) is 51.7 Å². The molecule has 0 fully saturated rings. The molecule has 174 valence electrons. The molecule has 10 nitrogen and oxygen atoms in total. The van der Waals surface area contributed by atoms with Gasteiger partial charge in [0.05, 0.1) is 48.2 Å². The Morgan fingerprint density at radius 2 is 1.91 bits per heavy atom. The van der Waals surface area contributed by atoms with E-state index >= 15 is 0 Å². The molecule has 4 heterocycles. The highest BCUT2D eigenvalue weighted by molar-refractivity contribution is 5.96. The van der Waals surface area contributed by atoms with Gasteiger partial charge in [0.2, 0.25) is 0 Å². The Morgan fingerprint density at radius 1 is 1.12 bits per heavy atom. The first kappa shape index (κ1) is 21.5. The van der Waals surface area contributed by atoms with Crippen molar-refractivity contribution in [1.29, 1.82) is 0 Å². The van der Waals surface area contributed by atoms with Gasteiger partial charge in [-0.25, -0.2) is 4.98 Å². The highest BCUT2D eigenvalue weighted by atomic mass is 16.5. The highest BCUT2D eigenvalue weighted by Gasteiger charge is 2.22. The van der Waals surface area contributed by atoms with Crippen LogP contribution in [0.4, 0.5) is 5.69 Å². The van der Waals surface area contributed by atoms with E-state index in [9.17, 15) is 4.79 Å². The molecule has 0 amide bonds. The number of nitrogens with zero attached hydrogens (tertiary/aromatic N) is 4. The first-order valence-electron chi connectivity index (χ1n) is 10.9. The zero-order chi connectivity index (χ0) is 23.8. The molecule has 0 radical (unpaired) electrons. The molecule has 0 aliphatic rings. The topological polar surface area (TPSA) is 123 Å². The average molecular weight is 460 g/mol. The van der Waals surface area contributed by atoms with E-state index in [0.717, 1.165) is 11.2 Å². The Balaban J connectivity index is 1.72. The second-order valence-electron chi connectivity index (χ2n) is 7.88. The minimum atomic E-state index is -0.281. The van der Waals surface area contributed by atoms with Crippen LogP contribution in [0, 0.1) is 0 Å². The largest absolute Gasteiger partial charge is 0.493 e. The van der Waals surface area contributed by atoms with Crippen LogP contribution in [0.2, 0.25) is 0 Å². The summed E-state index contributed by atoms with van der Waals surface area (Å²) in [5.41, 5.74) is 4.17. The monoisotopic (exact) mass is 459 g/mol. The normalized spacial score (nSPS) is 12.2. The molecule has 3 N–H and O–H groups in total. The lowest BCUT2D eigenvalue weighted by Gasteiger charge is -2.17. The first-order chi connectivity index (χ1) is 16.5. The van der Waals surface area contributed by atoms with Crippen LogP contribution in [-0.4, -0.2) is 43.9 Å². The number of hydrogen-bond acceptors (Lipinski definition) is 7. The number of rotatable bonds is 7. The molecular formula is C24H25N7O3. The third kappa shape index (κ3) is 3.62. The summed E-state index contributed by atoms with van der Waals surface area (Å²) in [6.07, 6.45) is 3.57. The Kier molecular flexibility index (Phi) is 5.40. The van der Waals surface area contributed by atoms with Crippen molar-refractivity contribution in [3.63, 3.8) is 0 Å². The number of anilines is 1. The summed E-state index contributed by atoms with van der Waals surface area (Å²) in [5, 5.41) is 8.16. The maximum atomic E-state index is 13.3. The van der Waals surface area contributed by atoms with Crippen molar-refractivity contribution < 1.29 is 9.47 Å². The Hall–Kier alpha value is -4.34. The Bertz CT molecular complexity index is 1490. The van der Waals surface area contributed by atoms with Crippen LogP contribution in [-0.2, 0) is 6.54 Å². The predicted octanol–water partition coefficient (Wildman–Crippen LogP) is 3.87. The van der Waals surface area contributed by atoms with Gasteiger partial charge in [0.1, 0.15) is 16.9 Å². The number of pyridine rings is 2. The summed E-state index contributed by atoms with van der Waals surface area (Å²) in [6, 6.07) is 9.13. The minimum absolute atomic E-state index is 0.179. The summed E-state index contributed by atoms with van der Waals surface area (Å²) in [6.45, 7) is 4.66. The number of nitrogens with one attached hydrogen (secondary N) is 3. The summed E-state index contributed by atoms with van der Waals surface area (Å²) in [7, 11) is 3.14. The van der Waals surface area contributed by atoms with Gasteiger partial charge in [-0.1, -0.05) is 6.07 Å². The molecule has 0 saturated carbocycles. The molecule has 1 unspecified atom stereocenters. The van der Waals surface area contributed by atoms with E-state index in [4.69, 9.17) is 19.6 Å². The van der Waals surface area contributed by atoms with E-state index in [1.165, 1.54) is 0 Å². The summed E-state index contributed by atoms with van der Waals surface area (Å²) < 4.78 is 12.6. The standard InChI is InChI=1S/C24H25N7O3/c1-5-31-12-17-21(30-31)22(26-13(2)14-8-6-7-9-25-14)20(24(32)29-17)23-27-15-10-18(33-3)19(34-4)11-16(15)28-23/h6-13,26H,5H2,1-4H3,(H,27,28)(H,29,32). The Morgan fingerprint density at radius 3 is 2.62 bits per heavy atom. The van der Waals surface area contributed by atoms with Crippen molar-refractivity contribution in [2.75, 3.05) is 19.5 Å². The molecule has 1 atom stereocenters. The molecule has 0 bridgehead atoms. The zero-order valence-corrected chi connectivity index (χ0v) is 19.3. The molecule has 1 aromatic carbocycles. The number of methoxy groups -OCH3 is 2. The lowest BCUT2D eigenvalue weighted by atomic mass is 10.1. The maximum absolute atomic E-state index is 13.3. The lowest BCUT2D eigenvalue weighted by molar-refractivity contribution is 0.356. The summed E-state index contributed by atoms with van der Waals surface area (Å²) in [5.74, 6) is 1.54.